The van der Waals surface area contributed by atoms with Gasteiger partial charge in [-0.05, 0) is 61.6 Å². The number of aliphatic carboxylic acids is 1. The Balaban J connectivity index is 1.19. The maximum Gasteiger partial charge on any atom is 0.352 e. The fourth-order valence-corrected chi connectivity index (χ4v) is 8.48. The minimum Gasteiger partial charge on any atom is -0.477 e. The molecular formula is C28H27N3O5S2. The number of aliphatic hydroxyl groups is 1. The van der Waals surface area contributed by atoms with Gasteiger partial charge in [0.1, 0.15) is 5.70 Å². The Morgan fingerprint density at radius 2 is 2.00 bits per heavy atom. The second-order valence-electron chi connectivity index (χ2n) is 10.1. The van der Waals surface area contributed by atoms with Gasteiger partial charge in [-0.25, -0.2) is 9.78 Å². The maximum atomic E-state index is 12.7. The summed E-state index contributed by atoms with van der Waals surface area (Å²) in [5, 5.41) is 23.1. The zero-order chi connectivity index (χ0) is 26.6. The minimum atomic E-state index is -1.06. The van der Waals surface area contributed by atoms with Crippen LogP contribution in [0.1, 0.15) is 36.5 Å². The van der Waals surface area contributed by atoms with Gasteiger partial charge in [-0.2, -0.15) is 0 Å². The molecule has 3 N–H and O–H groups in total. The van der Waals surface area contributed by atoms with Crippen LogP contribution >= 0.6 is 23.1 Å². The largest absolute Gasteiger partial charge is 0.477 e. The highest BCUT2D eigenvalue weighted by Crippen LogP contribution is 2.54. The van der Waals surface area contributed by atoms with Crippen molar-refractivity contribution < 1.29 is 24.6 Å². The molecule has 6 rings (SSSR count). The number of rotatable bonds is 7. The molecule has 3 aromatic rings. The number of nitrogens with zero attached hydrogens (tertiary/aromatic N) is 2. The van der Waals surface area contributed by atoms with Crippen molar-refractivity contribution in [1.29, 1.82) is 0 Å². The van der Waals surface area contributed by atoms with Crippen molar-refractivity contribution in [1.82, 2.24) is 9.88 Å². The Kier molecular flexibility index (Phi) is 6.49. The highest BCUT2D eigenvalue weighted by atomic mass is 32.2. The van der Waals surface area contributed by atoms with Crippen LogP contribution in [0.3, 0.4) is 0 Å². The third-order valence-electron chi connectivity index (χ3n) is 7.82. The Labute approximate surface area is 227 Å². The van der Waals surface area contributed by atoms with Gasteiger partial charge in [0.05, 0.1) is 28.3 Å². The number of aliphatic hydroxyl groups excluding tert-OH is 1. The zero-order valence-electron chi connectivity index (χ0n) is 20.7. The average molecular weight is 550 g/mol. The van der Waals surface area contributed by atoms with Crippen LogP contribution in [0.15, 0.2) is 64.1 Å². The van der Waals surface area contributed by atoms with E-state index >= 15 is 0 Å². The first-order valence-corrected chi connectivity index (χ1v) is 14.5. The number of fused-ring (bicyclic) bond motifs is 4. The number of β-lactam (4-membered cyclic amide) rings is 1. The number of anilines is 1. The van der Waals surface area contributed by atoms with Crippen molar-refractivity contribution in [2.45, 2.75) is 42.7 Å². The smallest absolute Gasteiger partial charge is 0.352 e. The van der Waals surface area contributed by atoms with Gasteiger partial charge in [0.15, 0.2) is 4.34 Å². The van der Waals surface area contributed by atoms with Crippen LogP contribution < -0.4 is 5.32 Å². The Morgan fingerprint density at radius 3 is 2.74 bits per heavy atom. The minimum absolute atomic E-state index is 0.0103. The van der Waals surface area contributed by atoms with Crippen LogP contribution in [-0.4, -0.2) is 55.8 Å². The Bertz CT molecular complexity index is 1470. The first kappa shape index (κ1) is 25.1. The molecule has 1 saturated heterocycles. The number of aromatic nitrogens is 1. The number of thioether (sulfide) groups is 1. The molecule has 0 unspecified atom stereocenters. The topological polar surface area (TPSA) is 120 Å². The molecule has 1 aliphatic carbocycles. The number of thiazole rings is 1. The van der Waals surface area contributed by atoms with Crippen molar-refractivity contribution in [2.75, 3.05) is 11.1 Å². The fourth-order valence-electron chi connectivity index (χ4n) is 6.18. The predicted molar refractivity (Wildman–Crippen MR) is 146 cm³/mol. The number of carbonyl (C=O) groups is 3. The lowest BCUT2D eigenvalue weighted by molar-refractivity contribution is -0.163. The van der Waals surface area contributed by atoms with Crippen LogP contribution in [-0.2, 0) is 9.59 Å². The summed E-state index contributed by atoms with van der Waals surface area (Å²) in [6, 6.07) is 14.5. The molecule has 0 bridgehead atoms. The highest BCUT2D eigenvalue weighted by molar-refractivity contribution is 8.01. The molecule has 8 nitrogen and oxygen atoms in total. The number of hydrogen-bond acceptors (Lipinski definition) is 7. The molecule has 0 radical (unpaired) electrons. The van der Waals surface area contributed by atoms with Crippen molar-refractivity contribution in [2.24, 2.45) is 17.8 Å². The molecule has 10 heteroatoms. The van der Waals surface area contributed by atoms with Crippen molar-refractivity contribution >= 4 is 56.8 Å². The number of carboxylic acids is 1. The fraction of sp³-hybridized carbons (Fsp3) is 0.357. The van der Waals surface area contributed by atoms with Crippen LogP contribution in [0.2, 0.25) is 0 Å². The summed E-state index contributed by atoms with van der Waals surface area (Å²) in [5.41, 5.74) is 3.13. The number of carboxylic acid groups (broad SMARTS) is 1. The molecule has 2 amide bonds. The van der Waals surface area contributed by atoms with Crippen molar-refractivity contribution in [3.63, 3.8) is 0 Å². The molecule has 3 aliphatic rings. The molecule has 1 aromatic heterocycles. The molecule has 2 fully saturated rings. The second kappa shape index (κ2) is 9.83. The Hall–Kier alpha value is -3.21. The number of benzene rings is 2. The molecule has 3 heterocycles. The van der Waals surface area contributed by atoms with Crippen LogP contribution in [0, 0.1) is 17.8 Å². The summed E-state index contributed by atoms with van der Waals surface area (Å²) in [6.45, 7) is 1.61. The van der Waals surface area contributed by atoms with Gasteiger partial charge in [0.25, 0.3) is 5.91 Å². The van der Waals surface area contributed by atoms with E-state index in [9.17, 15) is 24.6 Å². The van der Waals surface area contributed by atoms with Crippen LogP contribution in [0.4, 0.5) is 5.69 Å². The lowest BCUT2D eigenvalue weighted by Gasteiger charge is -2.47. The number of carbonyl (C=O) groups excluding carboxylic acids is 2. The van der Waals surface area contributed by atoms with Gasteiger partial charge in [0, 0.05) is 22.9 Å². The van der Waals surface area contributed by atoms with E-state index in [1.54, 1.807) is 42.2 Å². The quantitative estimate of drug-likeness (QED) is 0.291. The number of amides is 2. The van der Waals surface area contributed by atoms with E-state index in [1.165, 1.54) is 4.90 Å². The van der Waals surface area contributed by atoms with E-state index in [-0.39, 0.29) is 35.4 Å². The number of nitrogens with one attached hydrogen (secondary N) is 1. The molecule has 196 valence electrons. The van der Waals surface area contributed by atoms with E-state index in [2.05, 4.69) is 5.32 Å². The van der Waals surface area contributed by atoms with Crippen LogP contribution in [0.5, 0.6) is 0 Å². The Morgan fingerprint density at radius 1 is 1.21 bits per heavy atom. The third-order valence-corrected chi connectivity index (χ3v) is 10.1. The van der Waals surface area contributed by atoms with E-state index < -0.39 is 18.0 Å². The zero-order valence-corrected chi connectivity index (χ0v) is 22.3. The first-order chi connectivity index (χ1) is 18.3. The standard InChI is InChI=1S/C28H27N3O5S2/c1-14(32)21-23-18-9-5-8-16(22(18)24(27(35)36)31(23)26(21)34)13-37-28-30-19-11-10-17(12-20(19)38-28)29-25(33)15-6-3-2-4-7-15/h2-4,6-7,10-12,14,16,18,21,23,32H,5,8-9,13H2,1H3,(H,29,33)(H,35,36)/t14-,16+,18+,21-,23-/m1/s1. The summed E-state index contributed by atoms with van der Waals surface area (Å²) in [6.07, 6.45) is 1.87. The van der Waals surface area contributed by atoms with E-state index in [1.807, 2.05) is 36.4 Å². The highest BCUT2D eigenvalue weighted by Gasteiger charge is 2.62. The van der Waals surface area contributed by atoms with Crippen LogP contribution in [0.25, 0.3) is 10.2 Å². The molecule has 38 heavy (non-hydrogen) atoms. The van der Waals surface area contributed by atoms with Gasteiger partial charge in [-0.3, -0.25) is 9.59 Å². The molecule has 0 spiro atoms. The maximum absolute atomic E-state index is 12.7. The lowest BCUT2D eigenvalue weighted by atomic mass is 9.70. The van der Waals surface area contributed by atoms with Crippen molar-refractivity contribution in [3.05, 3.63) is 65.4 Å². The van der Waals surface area contributed by atoms with Gasteiger partial charge in [-0.1, -0.05) is 36.4 Å². The first-order valence-electron chi connectivity index (χ1n) is 12.7. The molecule has 5 atom stereocenters. The van der Waals surface area contributed by atoms with E-state index in [0.717, 1.165) is 39.4 Å². The SMILES string of the molecule is C[C@@H](O)[C@H]1C(=O)N2C(C(=O)O)=C3[C@H](CSc4nc5ccc(NC(=O)c6ccccc6)cc5s4)CCC[C@@H]3[C@H]12. The summed E-state index contributed by atoms with van der Waals surface area (Å²) >= 11 is 3.15. The lowest BCUT2D eigenvalue weighted by Crippen LogP contribution is -2.64. The summed E-state index contributed by atoms with van der Waals surface area (Å²) in [5.74, 6) is -1.35. The monoisotopic (exact) mass is 549 g/mol. The van der Waals surface area contributed by atoms with Gasteiger partial charge < -0.3 is 20.4 Å². The summed E-state index contributed by atoms with van der Waals surface area (Å²) in [4.78, 5) is 43.7. The molecular weight excluding hydrogens is 522 g/mol. The summed E-state index contributed by atoms with van der Waals surface area (Å²) in [7, 11) is 0. The van der Waals surface area contributed by atoms with Gasteiger partial charge in [0.2, 0.25) is 5.91 Å². The normalized spacial score (nSPS) is 25.1. The average Bonchev–Trinajstić information content (AvgIpc) is 3.44. The predicted octanol–water partition coefficient (Wildman–Crippen LogP) is 4.62. The van der Waals surface area contributed by atoms with Crippen molar-refractivity contribution in [3.8, 4) is 0 Å². The van der Waals surface area contributed by atoms with E-state index in [4.69, 9.17) is 4.98 Å². The second-order valence-corrected chi connectivity index (χ2v) is 12.4. The molecule has 2 aliphatic heterocycles. The third kappa shape index (κ3) is 4.20. The van der Waals surface area contributed by atoms with Gasteiger partial charge >= 0.3 is 5.97 Å². The summed E-state index contributed by atoms with van der Waals surface area (Å²) < 4.78 is 1.84. The number of hydrogen-bond donors (Lipinski definition) is 3. The molecule has 1 saturated carbocycles. The van der Waals surface area contributed by atoms with E-state index in [0.29, 0.717) is 17.0 Å². The van der Waals surface area contributed by atoms with Gasteiger partial charge in [-0.15, -0.1) is 11.3 Å². The molecule has 2 aromatic carbocycles.